The van der Waals surface area contributed by atoms with Crippen molar-refractivity contribution in [2.24, 2.45) is 0 Å². The summed E-state index contributed by atoms with van der Waals surface area (Å²) in [7, 11) is -2.08. The van der Waals surface area contributed by atoms with Gasteiger partial charge < -0.3 is 27.8 Å². The molecule has 0 N–H and O–H groups in total. The Morgan fingerprint density at radius 3 is 1.24 bits per heavy atom. The summed E-state index contributed by atoms with van der Waals surface area (Å²) in [4.78, 5) is 0. The summed E-state index contributed by atoms with van der Waals surface area (Å²) in [6.07, 6.45) is 0. The lowest BCUT2D eigenvalue weighted by Crippen LogP contribution is -2.37. The van der Waals surface area contributed by atoms with E-state index in [4.69, 9.17) is 27.8 Å². The van der Waals surface area contributed by atoms with Crippen LogP contribution in [0.3, 0.4) is 0 Å². The second-order valence-corrected chi connectivity index (χ2v) is 8.09. The van der Waals surface area contributed by atoms with E-state index in [1.807, 2.05) is 26.9 Å². The molecule has 0 aromatic rings. The van der Waals surface area contributed by atoms with Crippen molar-refractivity contribution in [3.8, 4) is 0 Å². The van der Waals surface area contributed by atoms with Crippen LogP contribution < -0.4 is 0 Å². The average molecular weight is 324 g/mol. The maximum Gasteiger partial charge on any atom is 0.331 e. The monoisotopic (exact) mass is 324 g/mol. The van der Waals surface area contributed by atoms with E-state index in [2.05, 4.69) is 0 Å². The van der Waals surface area contributed by atoms with Gasteiger partial charge in [0.25, 0.3) is 0 Å². The maximum absolute atomic E-state index is 5.75. The van der Waals surface area contributed by atoms with Crippen LogP contribution in [0.2, 0.25) is 13.1 Å². The maximum atomic E-state index is 5.75. The highest BCUT2D eigenvalue weighted by molar-refractivity contribution is 6.64. The highest BCUT2D eigenvalue weighted by Crippen LogP contribution is 2.05. The first kappa shape index (κ1) is 21.0. The highest BCUT2D eigenvalue weighted by atomic mass is 28.4. The molecule has 0 saturated heterocycles. The molecule has 6 nitrogen and oxygen atoms in total. The predicted molar refractivity (Wildman–Crippen MR) is 84.0 cm³/mol. The Labute approximate surface area is 130 Å². The van der Waals surface area contributed by atoms with Crippen LogP contribution in [0, 0.1) is 0 Å². The molecule has 128 valence electrons. The molecule has 0 atom stereocenters. The van der Waals surface area contributed by atoms with Gasteiger partial charge in [-0.3, -0.25) is 0 Å². The third kappa shape index (κ3) is 16.2. The summed E-state index contributed by atoms with van der Waals surface area (Å²) < 4.78 is 32.6. The molecule has 0 heterocycles. The van der Waals surface area contributed by atoms with Crippen molar-refractivity contribution in [2.45, 2.75) is 26.9 Å². The molecule has 0 aliphatic carbocycles. The molecule has 0 fully saturated rings. The Hall–Kier alpha value is -0.0231. The smallest absolute Gasteiger partial charge is 0.331 e. The van der Waals surface area contributed by atoms with Gasteiger partial charge in [-0.15, -0.1) is 0 Å². The molecular weight excluding hydrogens is 292 g/mol. The topological polar surface area (TPSA) is 55.4 Å². The molecule has 0 spiro atoms. The lowest BCUT2D eigenvalue weighted by molar-refractivity contribution is 0.0237. The van der Waals surface area contributed by atoms with E-state index in [0.29, 0.717) is 52.9 Å². The van der Waals surface area contributed by atoms with Gasteiger partial charge in [-0.05, 0) is 26.9 Å². The molecule has 0 aliphatic rings. The second-order valence-electron chi connectivity index (χ2n) is 4.72. The Bertz CT molecular complexity index is 196. The largest absolute Gasteiger partial charge is 0.392 e. The molecule has 0 aromatic heterocycles. The first-order valence-electron chi connectivity index (χ1n) is 7.71. The molecule has 0 saturated carbocycles. The normalized spacial score (nSPS) is 12.0. The summed E-state index contributed by atoms with van der Waals surface area (Å²) in [5.74, 6) is 0. The zero-order valence-corrected chi connectivity index (χ0v) is 15.0. The van der Waals surface area contributed by atoms with Crippen molar-refractivity contribution in [3.63, 3.8) is 0 Å². The van der Waals surface area contributed by atoms with E-state index in [9.17, 15) is 0 Å². The highest BCUT2D eigenvalue weighted by Gasteiger charge is 2.24. The summed E-state index contributed by atoms with van der Waals surface area (Å²) >= 11 is 0. The number of hydrogen-bond donors (Lipinski definition) is 0. The minimum atomic E-state index is -2.08. The van der Waals surface area contributed by atoms with Gasteiger partial charge in [-0.1, -0.05) is 0 Å². The fourth-order valence-corrected chi connectivity index (χ4v) is 2.70. The average Bonchev–Trinajstić information content (AvgIpc) is 2.45. The first-order chi connectivity index (χ1) is 10.1. The Kier molecular flexibility index (Phi) is 14.9. The fourth-order valence-electron chi connectivity index (χ4n) is 1.46. The van der Waals surface area contributed by atoms with Gasteiger partial charge in [0.05, 0.1) is 52.9 Å². The molecule has 0 rings (SSSR count). The van der Waals surface area contributed by atoms with Crippen LogP contribution in [-0.2, 0) is 27.8 Å². The van der Waals surface area contributed by atoms with Gasteiger partial charge in [0.2, 0.25) is 0 Å². The molecule has 0 amide bonds. The van der Waals surface area contributed by atoms with Crippen molar-refractivity contribution in [3.05, 3.63) is 0 Å². The van der Waals surface area contributed by atoms with Gasteiger partial charge in [-0.2, -0.15) is 0 Å². The summed E-state index contributed by atoms with van der Waals surface area (Å²) in [5.41, 5.74) is 0. The molecular formula is C14H32O6Si. The van der Waals surface area contributed by atoms with Crippen molar-refractivity contribution in [1.29, 1.82) is 0 Å². The number of ether oxygens (including phenoxy) is 4. The minimum Gasteiger partial charge on any atom is -0.392 e. The third-order valence-electron chi connectivity index (χ3n) is 2.51. The van der Waals surface area contributed by atoms with E-state index < -0.39 is 8.56 Å². The van der Waals surface area contributed by atoms with Crippen molar-refractivity contribution >= 4 is 8.56 Å². The van der Waals surface area contributed by atoms with Crippen molar-refractivity contribution in [1.82, 2.24) is 0 Å². The summed E-state index contributed by atoms with van der Waals surface area (Å²) in [6.45, 7) is 14.1. The minimum absolute atomic E-state index is 0.552. The summed E-state index contributed by atoms with van der Waals surface area (Å²) in [5, 5.41) is 0. The second kappa shape index (κ2) is 14.9. The SMILES string of the molecule is CCOCCOCCO[Si](C)(C)OCCOCCOCC. The molecule has 21 heavy (non-hydrogen) atoms. The molecule has 7 heteroatoms. The Balaban J connectivity index is 3.35. The van der Waals surface area contributed by atoms with Gasteiger partial charge >= 0.3 is 8.56 Å². The van der Waals surface area contributed by atoms with E-state index in [0.717, 1.165) is 13.2 Å². The number of hydrogen-bond acceptors (Lipinski definition) is 6. The first-order valence-corrected chi connectivity index (χ1v) is 10.5. The van der Waals surface area contributed by atoms with E-state index >= 15 is 0 Å². The van der Waals surface area contributed by atoms with Gasteiger partial charge in [0.15, 0.2) is 0 Å². The molecule has 0 unspecified atom stereocenters. The fraction of sp³-hybridized carbons (Fsp3) is 1.00. The van der Waals surface area contributed by atoms with Crippen LogP contribution in [0.15, 0.2) is 0 Å². The molecule has 0 bridgehead atoms. The van der Waals surface area contributed by atoms with E-state index in [-0.39, 0.29) is 0 Å². The quantitative estimate of drug-likeness (QED) is 0.319. The zero-order valence-electron chi connectivity index (χ0n) is 14.0. The van der Waals surface area contributed by atoms with Crippen LogP contribution in [0.1, 0.15) is 13.8 Å². The van der Waals surface area contributed by atoms with Crippen LogP contribution in [0.4, 0.5) is 0 Å². The van der Waals surface area contributed by atoms with Crippen LogP contribution in [0.5, 0.6) is 0 Å². The van der Waals surface area contributed by atoms with Crippen molar-refractivity contribution < 1.29 is 27.8 Å². The van der Waals surface area contributed by atoms with Gasteiger partial charge in [0.1, 0.15) is 0 Å². The van der Waals surface area contributed by atoms with E-state index in [1.165, 1.54) is 0 Å². The number of rotatable bonds is 16. The van der Waals surface area contributed by atoms with Crippen LogP contribution in [-0.4, -0.2) is 74.6 Å². The lowest BCUT2D eigenvalue weighted by Gasteiger charge is -2.22. The standard InChI is InChI=1S/C14H32O6Si/c1-5-15-7-9-17-11-13-19-21(3,4)20-14-12-18-10-8-16-6-2/h5-14H2,1-4H3. The predicted octanol–water partition coefficient (Wildman–Crippen LogP) is 1.83. The molecule has 0 radical (unpaired) electrons. The van der Waals surface area contributed by atoms with Crippen molar-refractivity contribution in [2.75, 3.05) is 66.1 Å². The third-order valence-corrected chi connectivity index (χ3v) is 4.31. The molecule has 0 aliphatic heterocycles. The van der Waals surface area contributed by atoms with Gasteiger partial charge in [0, 0.05) is 13.2 Å². The van der Waals surface area contributed by atoms with Gasteiger partial charge in [-0.25, -0.2) is 0 Å². The summed E-state index contributed by atoms with van der Waals surface area (Å²) in [6, 6.07) is 0. The van der Waals surface area contributed by atoms with E-state index in [1.54, 1.807) is 0 Å². The lowest BCUT2D eigenvalue weighted by atomic mass is 10.7. The zero-order chi connectivity index (χ0) is 15.8. The van der Waals surface area contributed by atoms with Crippen LogP contribution in [0.25, 0.3) is 0 Å². The van der Waals surface area contributed by atoms with Crippen LogP contribution >= 0.6 is 0 Å². The Morgan fingerprint density at radius 1 is 0.524 bits per heavy atom. The Morgan fingerprint density at radius 2 is 0.857 bits per heavy atom. The molecule has 0 aromatic carbocycles.